The molecular formula is C16H19FIN3. The maximum absolute atomic E-state index is 13.1. The van der Waals surface area contributed by atoms with Crippen molar-refractivity contribution in [3.8, 4) is 0 Å². The quantitative estimate of drug-likeness (QED) is 0.759. The van der Waals surface area contributed by atoms with Gasteiger partial charge in [0.05, 0.1) is 3.57 Å². The van der Waals surface area contributed by atoms with Gasteiger partial charge in [-0.3, -0.25) is 0 Å². The number of hydrogen-bond donors (Lipinski definition) is 1. The third kappa shape index (κ3) is 3.70. The number of halogens is 2. The van der Waals surface area contributed by atoms with Crippen molar-refractivity contribution in [2.45, 2.75) is 32.6 Å². The monoisotopic (exact) mass is 399 g/mol. The molecule has 1 aromatic carbocycles. The van der Waals surface area contributed by atoms with Gasteiger partial charge in [0, 0.05) is 18.2 Å². The number of nitrogens with zero attached hydrogens (tertiary/aromatic N) is 2. The molecule has 5 heteroatoms. The first kappa shape index (κ1) is 16.1. The van der Waals surface area contributed by atoms with Crippen LogP contribution in [0.2, 0.25) is 0 Å². The van der Waals surface area contributed by atoms with E-state index in [-0.39, 0.29) is 11.2 Å². The molecular weight excluding hydrogens is 380 g/mol. The van der Waals surface area contributed by atoms with Crippen molar-refractivity contribution in [2.24, 2.45) is 0 Å². The minimum Gasteiger partial charge on any atom is -0.369 e. The molecule has 2 rings (SSSR count). The normalized spacial score (nSPS) is 11.5. The predicted octanol–water partition coefficient (Wildman–Crippen LogP) is 4.37. The van der Waals surface area contributed by atoms with Crippen LogP contribution in [0.25, 0.3) is 0 Å². The summed E-state index contributed by atoms with van der Waals surface area (Å²) in [5.41, 5.74) is 0.618. The van der Waals surface area contributed by atoms with Crippen LogP contribution in [-0.2, 0) is 5.41 Å². The fourth-order valence-corrected chi connectivity index (χ4v) is 2.48. The maximum Gasteiger partial charge on any atom is 0.143 e. The summed E-state index contributed by atoms with van der Waals surface area (Å²) in [6.45, 7) is 7.09. The maximum atomic E-state index is 13.1. The Morgan fingerprint density at radius 3 is 2.52 bits per heavy atom. The van der Waals surface area contributed by atoms with Crippen LogP contribution in [0.15, 0.2) is 30.5 Å². The van der Waals surface area contributed by atoms with Gasteiger partial charge in [0.15, 0.2) is 0 Å². The number of aromatic nitrogens is 2. The summed E-state index contributed by atoms with van der Waals surface area (Å²) >= 11 is 2.23. The van der Waals surface area contributed by atoms with E-state index in [1.807, 2.05) is 20.0 Å². The zero-order valence-electron chi connectivity index (χ0n) is 12.5. The van der Waals surface area contributed by atoms with Crippen LogP contribution in [0, 0.1) is 9.39 Å². The fraction of sp³-hybridized carbons (Fsp3) is 0.375. The molecule has 1 N–H and O–H groups in total. The molecule has 0 atom stereocenters. The SMILES string of the molecule is CCCNc1nc(C(C)(C)c2ccc(F)cc2)ncc1I. The van der Waals surface area contributed by atoms with Crippen LogP contribution in [-0.4, -0.2) is 16.5 Å². The number of rotatable bonds is 5. The largest absolute Gasteiger partial charge is 0.369 e. The average molecular weight is 399 g/mol. The molecule has 21 heavy (non-hydrogen) atoms. The molecule has 0 saturated carbocycles. The Kier molecular flexibility index (Phi) is 5.13. The summed E-state index contributed by atoms with van der Waals surface area (Å²) < 4.78 is 14.1. The first-order chi connectivity index (χ1) is 9.95. The molecule has 1 heterocycles. The molecule has 0 spiro atoms. The van der Waals surface area contributed by atoms with Crippen LogP contribution in [0.3, 0.4) is 0 Å². The second-order valence-corrected chi connectivity index (χ2v) is 6.61. The molecule has 0 unspecified atom stereocenters. The highest BCUT2D eigenvalue weighted by Crippen LogP contribution is 2.30. The smallest absolute Gasteiger partial charge is 0.143 e. The molecule has 0 aliphatic carbocycles. The lowest BCUT2D eigenvalue weighted by Crippen LogP contribution is -2.23. The highest BCUT2D eigenvalue weighted by Gasteiger charge is 2.27. The van der Waals surface area contributed by atoms with Gasteiger partial charge in [-0.25, -0.2) is 14.4 Å². The molecule has 0 aliphatic rings. The average Bonchev–Trinajstić information content (AvgIpc) is 2.46. The van der Waals surface area contributed by atoms with Gasteiger partial charge in [-0.2, -0.15) is 0 Å². The minimum atomic E-state index is -0.374. The highest BCUT2D eigenvalue weighted by atomic mass is 127. The molecule has 2 aromatic rings. The van der Waals surface area contributed by atoms with E-state index in [0.717, 1.165) is 33.7 Å². The molecule has 112 valence electrons. The summed E-state index contributed by atoms with van der Waals surface area (Å²) in [5, 5.41) is 3.32. The lowest BCUT2D eigenvalue weighted by molar-refractivity contribution is 0.583. The summed E-state index contributed by atoms with van der Waals surface area (Å²) in [5.74, 6) is 1.36. The van der Waals surface area contributed by atoms with E-state index in [1.54, 1.807) is 12.1 Å². The standard InChI is InChI=1S/C16H19FIN3/c1-4-9-19-14-13(18)10-20-15(21-14)16(2,3)11-5-7-12(17)8-6-11/h5-8,10H,4,9H2,1-3H3,(H,19,20,21). The predicted molar refractivity (Wildman–Crippen MR) is 92.1 cm³/mol. The Labute approximate surface area is 138 Å². The summed E-state index contributed by atoms with van der Waals surface area (Å²) in [6.07, 6.45) is 2.86. The number of anilines is 1. The Hall–Kier alpha value is -1.24. The lowest BCUT2D eigenvalue weighted by atomic mass is 9.84. The van der Waals surface area contributed by atoms with Crippen LogP contribution in [0.5, 0.6) is 0 Å². The van der Waals surface area contributed by atoms with E-state index in [2.05, 4.69) is 44.8 Å². The van der Waals surface area contributed by atoms with E-state index in [9.17, 15) is 4.39 Å². The summed E-state index contributed by atoms with van der Waals surface area (Å²) in [7, 11) is 0. The van der Waals surface area contributed by atoms with Crippen molar-refractivity contribution in [2.75, 3.05) is 11.9 Å². The van der Waals surface area contributed by atoms with Crippen molar-refractivity contribution in [1.82, 2.24) is 9.97 Å². The van der Waals surface area contributed by atoms with Crippen LogP contribution in [0.4, 0.5) is 10.2 Å². The molecule has 0 saturated heterocycles. The second kappa shape index (κ2) is 6.68. The Morgan fingerprint density at radius 1 is 1.24 bits per heavy atom. The van der Waals surface area contributed by atoms with Gasteiger partial charge in [0.25, 0.3) is 0 Å². The third-order valence-corrected chi connectivity index (χ3v) is 4.20. The molecule has 0 aliphatic heterocycles. The van der Waals surface area contributed by atoms with Crippen LogP contribution >= 0.6 is 22.6 Å². The molecule has 1 aromatic heterocycles. The zero-order valence-corrected chi connectivity index (χ0v) is 14.6. The number of hydrogen-bond acceptors (Lipinski definition) is 3. The van der Waals surface area contributed by atoms with E-state index in [4.69, 9.17) is 0 Å². The van der Waals surface area contributed by atoms with Crippen LogP contribution < -0.4 is 5.32 Å². The minimum absolute atomic E-state index is 0.233. The fourth-order valence-electron chi connectivity index (χ4n) is 2.03. The van der Waals surface area contributed by atoms with Crippen molar-refractivity contribution in [3.63, 3.8) is 0 Å². The Bertz CT molecular complexity index is 611. The summed E-state index contributed by atoms with van der Waals surface area (Å²) in [4.78, 5) is 9.12. The van der Waals surface area contributed by atoms with Gasteiger partial charge in [0.2, 0.25) is 0 Å². The Balaban J connectivity index is 2.37. The summed E-state index contributed by atoms with van der Waals surface area (Å²) in [6, 6.07) is 6.52. The van der Waals surface area contributed by atoms with Crippen molar-refractivity contribution < 1.29 is 4.39 Å². The van der Waals surface area contributed by atoms with Gasteiger partial charge < -0.3 is 5.32 Å². The van der Waals surface area contributed by atoms with E-state index in [1.165, 1.54) is 12.1 Å². The van der Waals surface area contributed by atoms with Gasteiger partial charge in [-0.05, 0) is 60.6 Å². The molecule has 0 radical (unpaired) electrons. The van der Waals surface area contributed by atoms with E-state index in [0.29, 0.717) is 0 Å². The Morgan fingerprint density at radius 2 is 1.90 bits per heavy atom. The highest BCUT2D eigenvalue weighted by molar-refractivity contribution is 14.1. The van der Waals surface area contributed by atoms with Crippen LogP contribution in [0.1, 0.15) is 38.6 Å². The van der Waals surface area contributed by atoms with Crippen molar-refractivity contribution in [1.29, 1.82) is 0 Å². The van der Waals surface area contributed by atoms with Crippen molar-refractivity contribution in [3.05, 3.63) is 51.2 Å². The van der Waals surface area contributed by atoms with E-state index < -0.39 is 0 Å². The lowest BCUT2D eigenvalue weighted by Gasteiger charge is -2.24. The molecule has 0 bridgehead atoms. The van der Waals surface area contributed by atoms with Gasteiger partial charge in [0.1, 0.15) is 17.5 Å². The van der Waals surface area contributed by atoms with Gasteiger partial charge >= 0.3 is 0 Å². The van der Waals surface area contributed by atoms with Crippen molar-refractivity contribution >= 4 is 28.4 Å². The number of benzene rings is 1. The number of nitrogens with one attached hydrogen (secondary N) is 1. The third-order valence-electron chi connectivity index (χ3n) is 3.41. The molecule has 0 amide bonds. The first-order valence-corrected chi connectivity index (χ1v) is 8.06. The topological polar surface area (TPSA) is 37.8 Å². The van der Waals surface area contributed by atoms with Gasteiger partial charge in [-0.15, -0.1) is 0 Å². The first-order valence-electron chi connectivity index (χ1n) is 6.98. The molecule has 0 fully saturated rings. The van der Waals surface area contributed by atoms with Gasteiger partial charge in [-0.1, -0.05) is 19.1 Å². The second-order valence-electron chi connectivity index (χ2n) is 5.45. The zero-order chi connectivity index (χ0) is 15.5. The van der Waals surface area contributed by atoms with E-state index >= 15 is 0 Å². The molecule has 3 nitrogen and oxygen atoms in total.